The van der Waals surface area contributed by atoms with Gasteiger partial charge in [-0.15, -0.1) is 0 Å². The molecule has 4 rings (SSSR count). The maximum atomic E-state index is 12.3. The highest BCUT2D eigenvalue weighted by Gasteiger charge is 2.12. The van der Waals surface area contributed by atoms with Crippen LogP contribution in [0.2, 0.25) is 0 Å². The normalized spacial score (nSPS) is 13.0. The Morgan fingerprint density at radius 1 is 1.03 bits per heavy atom. The predicted octanol–water partition coefficient (Wildman–Crippen LogP) is 5.84. The van der Waals surface area contributed by atoms with Crippen molar-refractivity contribution in [2.24, 2.45) is 0 Å². The summed E-state index contributed by atoms with van der Waals surface area (Å²) >= 11 is 0. The molecule has 4 nitrogen and oxygen atoms in total. The van der Waals surface area contributed by atoms with Crippen molar-refractivity contribution < 1.29 is 27.5 Å². The molecule has 1 aliphatic rings. The van der Waals surface area contributed by atoms with Gasteiger partial charge in [-0.05, 0) is 78.9 Å². The van der Waals surface area contributed by atoms with Crippen molar-refractivity contribution in [2.75, 3.05) is 0 Å². The number of alkyl halides is 2. The molecular formula is C24H20F2O4. The number of ketones is 1. The molecule has 1 aliphatic carbocycles. The summed E-state index contributed by atoms with van der Waals surface area (Å²) in [7, 11) is 0. The van der Waals surface area contributed by atoms with E-state index in [4.69, 9.17) is 9.15 Å². The maximum Gasteiger partial charge on any atom is 0.387 e. The lowest BCUT2D eigenvalue weighted by Crippen LogP contribution is -2.03. The van der Waals surface area contributed by atoms with Crippen molar-refractivity contribution >= 4 is 11.9 Å². The number of carbonyl (C=O) groups excluding carboxylic acids is 1. The number of benzene rings is 2. The molecule has 154 valence electrons. The van der Waals surface area contributed by atoms with Crippen molar-refractivity contribution in [2.45, 2.75) is 32.5 Å². The summed E-state index contributed by atoms with van der Waals surface area (Å²) in [6, 6.07) is 15.3. The lowest BCUT2D eigenvalue weighted by atomic mass is 10.1. The molecule has 0 amide bonds. The van der Waals surface area contributed by atoms with Gasteiger partial charge in [-0.2, -0.15) is 8.78 Å². The molecule has 0 fully saturated rings. The Morgan fingerprint density at radius 3 is 2.77 bits per heavy atom. The van der Waals surface area contributed by atoms with E-state index in [-0.39, 0.29) is 23.7 Å². The zero-order valence-electron chi connectivity index (χ0n) is 16.1. The van der Waals surface area contributed by atoms with Crippen LogP contribution >= 0.6 is 0 Å². The fourth-order valence-corrected chi connectivity index (χ4v) is 3.43. The van der Waals surface area contributed by atoms with Crippen LogP contribution in [0, 0.1) is 0 Å². The summed E-state index contributed by atoms with van der Waals surface area (Å²) in [5, 5.41) is 0. The summed E-state index contributed by atoms with van der Waals surface area (Å²) in [6.45, 7) is -2.65. The zero-order chi connectivity index (χ0) is 20.9. The van der Waals surface area contributed by atoms with Crippen LogP contribution in [0.3, 0.4) is 0 Å². The van der Waals surface area contributed by atoms with Gasteiger partial charge in [0, 0.05) is 5.56 Å². The number of fused-ring (bicyclic) bond motifs is 1. The Bertz CT molecular complexity index is 1070. The Morgan fingerprint density at radius 2 is 1.90 bits per heavy atom. The first-order valence-corrected chi connectivity index (χ1v) is 9.67. The van der Waals surface area contributed by atoms with Gasteiger partial charge < -0.3 is 13.9 Å². The summed E-state index contributed by atoms with van der Waals surface area (Å²) < 4.78 is 40.4. The summed E-state index contributed by atoms with van der Waals surface area (Å²) in [4.78, 5) is 12.3. The van der Waals surface area contributed by atoms with E-state index in [1.807, 2.05) is 6.07 Å². The van der Waals surface area contributed by atoms with E-state index >= 15 is 0 Å². The van der Waals surface area contributed by atoms with E-state index in [2.05, 4.69) is 16.9 Å². The van der Waals surface area contributed by atoms with Crippen LogP contribution in [0.5, 0.6) is 11.5 Å². The van der Waals surface area contributed by atoms with E-state index in [9.17, 15) is 13.6 Å². The standard InChI is InChI=1S/C24H20F2O4/c25-24(26)30-21-6-2-5-18(14-21)23(27)12-11-19-9-10-22(29-19)15-28-20-8-7-16-3-1-4-17(16)13-20/h2,5-14,24H,1,3-4,15H2/b12-11+. The number of ether oxygens (including phenoxy) is 2. The molecule has 0 saturated carbocycles. The number of allylic oxidation sites excluding steroid dienone is 1. The number of carbonyl (C=O) groups is 1. The average molecular weight is 410 g/mol. The van der Waals surface area contributed by atoms with Crippen LogP contribution in [0.1, 0.15) is 39.4 Å². The van der Waals surface area contributed by atoms with E-state index in [0.29, 0.717) is 11.5 Å². The quantitative estimate of drug-likeness (QED) is 0.346. The number of furan rings is 1. The Labute approximate surface area is 172 Å². The van der Waals surface area contributed by atoms with Crippen LogP contribution in [0.15, 0.2) is 65.1 Å². The number of rotatable bonds is 8. The first-order chi connectivity index (χ1) is 14.6. The first-order valence-electron chi connectivity index (χ1n) is 9.67. The molecular weight excluding hydrogens is 390 g/mol. The van der Waals surface area contributed by atoms with Crippen molar-refractivity contribution in [3.8, 4) is 11.5 Å². The van der Waals surface area contributed by atoms with Crippen molar-refractivity contribution in [3.63, 3.8) is 0 Å². The molecule has 0 bridgehead atoms. The van der Waals surface area contributed by atoms with Crippen LogP contribution in [-0.4, -0.2) is 12.4 Å². The molecule has 0 saturated heterocycles. The van der Waals surface area contributed by atoms with Gasteiger partial charge in [0.25, 0.3) is 0 Å². The summed E-state index contributed by atoms with van der Waals surface area (Å²) in [6.07, 6.45) is 6.27. The average Bonchev–Trinajstić information content (AvgIpc) is 3.39. The molecule has 3 aromatic rings. The Kier molecular flexibility index (Phi) is 5.93. The second-order valence-corrected chi connectivity index (χ2v) is 6.98. The van der Waals surface area contributed by atoms with Crippen molar-refractivity contribution in [1.29, 1.82) is 0 Å². The smallest absolute Gasteiger partial charge is 0.387 e. The molecule has 1 aromatic heterocycles. The summed E-state index contributed by atoms with van der Waals surface area (Å²) in [5.41, 5.74) is 2.98. The van der Waals surface area contributed by atoms with E-state index in [1.165, 1.54) is 54.0 Å². The molecule has 6 heteroatoms. The van der Waals surface area contributed by atoms with Crippen LogP contribution in [0.25, 0.3) is 6.08 Å². The highest BCUT2D eigenvalue weighted by atomic mass is 19.3. The third-order valence-corrected chi connectivity index (χ3v) is 4.88. The highest BCUT2D eigenvalue weighted by molar-refractivity contribution is 6.06. The SMILES string of the molecule is O=C(/C=C/c1ccc(COc2ccc3c(c2)CCC3)o1)c1cccc(OC(F)F)c1. The zero-order valence-corrected chi connectivity index (χ0v) is 16.1. The van der Waals surface area contributed by atoms with Crippen LogP contribution < -0.4 is 9.47 Å². The third kappa shape index (κ3) is 4.95. The number of aryl methyl sites for hydroxylation is 2. The lowest BCUT2D eigenvalue weighted by molar-refractivity contribution is -0.0498. The second-order valence-electron chi connectivity index (χ2n) is 6.98. The minimum Gasteiger partial charge on any atom is -0.486 e. The molecule has 0 spiro atoms. The van der Waals surface area contributed by atoms with E-state index < -0.39 is 6.61 Å². The van der Waals surface area contributed by atoms with E-state index in [0.717, 1.165) is 18.6 Å². The molecule has 0 atom stereocenters. The van der Waals surface area contributed by atoms with Crippen LogP contribution in [0.4, 0.5) is 8.78 Å². The molecule has 0 radical (unpaired) electrons. The monoisotopic (exact) mass is 410 g/mol. The first kappa shape index (κ1) is 19.9. The fourth-order valence-electron chi connectivity index (χ4n) is 3.43. The minimum absolute atomic E-state index is 0.0618. The van der Waals surface area contributed by atoms with Crippen LogP contribution in [-0.2, 0) is 19.4 Å². The predicted molar refractivity (Wildman–Crippen MR) is 108 cm³/mol. The minimum atomic E-state index is -2.94. The highest BCUT2D eigenvalue weighted by Crippen LogP contribution is 2.26. The van der Waals surface area contributed by atoms with Gasteiger partial charge in [-0.3, -0.25) is 4.79 Å². The van der Waals surface area contributed by atoms with Crippen molar-refractivity contribution in [1.82, 2.24) is 0 Å². The topological polar surface area (TPSA) is 48.7 Å². The molecule has 0 unspecified atom stereocenters. The van der Waals surface area contributed by atoms with Gasteiger partial charge in [0.2, 0.25) is 0 Å². The van der Waals surface area contributed by atoms with Gasteiger partial charge in [0.1, 0.15) is 29.6 Å². The molecule has 30 heavy (non-hydrogen) atoms. The number of halogens is 2. The van der Waals surface area contributed by atoms with Gasteiger partial charge in [-0.1, -0.05) is 18.2 Å². The third-order valence-electron chi connectivity index (χ3n) is 4.88. The van der Waals surface area contributed by atoms with Gasteiger partial charge in [0.15, 0.2) is 5.78 Å². The largest absolute Gasteiger partial charge is 0.486 e. The second kappa shape index (κ2) is 8.95. The van der Waals surface area contributed by atoms with Gasteiger partial charge >= 0.3 is 6.61 Å². The van der Waals surface area contributed by atoms with E-state index in [1.54, 1.807) is 12.1 Å². The van der Waals surface area contributed by atoms with Crippen molar-refractivity contribution in [3.05, 3.63) is 88.9 Å². The molecule has 2 aromatic carbocycles. The van der Waals surface area contributed by atoms with Gasteiger partial charge in [-0.25, -0.2) is 0 Å². The Hall–Kier alpha value is -3.41. The number of hydrogen-bond donors (Lipinski definition) is 0. The fraction of sp³-hybridized carbons (Fsp3) is 0.208. The van der Waals surface area contributed by atoms with Gasteiger partial charge in [0.05, 0.1) is 0 Å². The molecule has 1 heterocycles. The summed E-state index contributed by atoms with van der Waals surface area (Å²) in [5.74, 6) is 1.53. The maximum absolute atomic E-state index is 12.3. The molecule has 0 aliphatic heterocycles. The number of hydrogen-bond acceptors (Lipinski definition) is 4. The Balaban J connectivity index is 1.35. The molecule has 0 N–H and O–H groups in total. The lowest BCUT2D eigenvalue weighted by Gasteiger charge is -2.06.